The van der Waals surface area contributed by atoms with Crippen molar-refractivity contribution < 1.29 is 4.79 Å². The van der Waals surface area contributed by atoms with Gasteiger partial charge in [-0.1, -0.05) is 54.6 Å². The molecule has 6 rings (SSSR count). The molecule has 0 radical (unpaired) electrons. The fraction of sp³-hybridized carbons (Fsp3) is 0.0968. The summed E-state index contributed by atoms with van der Waals surface area (Å²) in [7, 11) is 0. The molecule has 0 saturated heterocycles. The second kappa shape index (κ2) is 9.57. The van der Waals surface area contributed by atoms with Gasteiger partial charge < -0.3 is 0 Å². The third-order valence-corrected chi connectivity index (χ3v) is 6.78. The standard InChI is InChI=1S/C31H26N6O2/c1-20-26(19-27-21(2)33-36(30(27)38)24-15-9-5-10-16-24)29(35(32-20)23-13-7-4-8-14-23)28-22(3)34-37(31(28)39)25-17-11-6-12-18-25/h4-19,34H,1-3H3/b27-19-. The third-order valence-electron chi connectivity index (χ3n) is 6.78. The van der Waals surface area contributed by atoms with Crippen LogP contribution in [0, 0.1) is 13.8 Å². The highest BCUT2D eigenvalue weighted by molar-refractivity contribution is 6.32. The van der Waals surface area contributed by atoms with Gasteiger partial charge in [-0.15, -0.1) is 0 Å². The van der Waals surface area contributed by atoms with Crippen LogP contribution in [0.25, 0.3) is 28.7 Å². The zero-order valence-corrected chi connectivity index (χ0v) is 21.8. The number of nitrogens with zero attached hydrogens (tertiary/aromatic N) is 5. The van der Waals surface area contributed by atoms with Crippen LogP contribution in [-0.4, -0.2) is 31.2 Å². The third kappa shape index (κ3) is 4.12. The molecule has 192 valence electrons. The zero-order chi connectivity index (χ0) is 27.1. The number of carbonyl (C=O) groups is 1. The molecule has 1 N–H and O–H groups in total. The summed E-state index contributed by atoms with van der Waals surface area (Å²) in [6.07, 6.45) is 1.81. The highest BCUT2D eigenvalue weighted by Gasteiger charge is 2.31. The van der Waals surface area contributed by atoms with Crippen LogP contribution in [0.2, 0.25) is 0 Å². The average Bonchev–Trinajstić information content (AvgIpc) is 3.55. The number of anilines is 1. The van der Waals surface area contributed by atoms with E-state index in [-0.39, 0.29) is 11.5 Å². The van der Waals surface area contributed by atoms with Gasteiger partial charge in [0.2, 0.25) is 0 Å². The van der Waals surface area contributed by atoms with Crippen LogP contribution < -0.4 is 10.6 Å². The van der Waals surface area contributed by atoms with Crippen molar-refractivity contribution in [2.75, 3.05) is 5.01 Å². The number of benzene rings is 3. The van der Waals surface area contributed by atoms with Crippen molar-refractivity contribution in [1.29, 1.82) is 0 Å². The Morgan fingerprint density at radius 3 is 1.92 bits per heavy atom. The SMILES string of the molecule is CC1=NN(c2ccccc2)C(=O)/C1=C\c1c(C)nn(-c2ccccc2)c1-c1c(C)[nH]n(-c2ccccc2)c1=O. The van der Waals surface area contributed by atoms with Crippen molar-refractivity contribution in [2.45, 2.75) is 20.8 Å². The normalized spacial score (nSPS) is 14.3. The fourth-order valence-electron chi connectivity index (χ4n) is 4.87. The van der Waals surface area contributed by atoms with Crippen LogP contribution in [0.3, 0.4) is 0 Å². The number of hydrogen-bond donors (Lipinski definition) is 1. The maximum atomic E-state index is 13.9. The summed E-state index contributed by atoms with van der Waals surface area (Å²) in [6.45, 7) is 5.57. The van der Waals surface area contributed by atoms with E-state index in [1.165, 1.54) is 9.69 Å². The first-order valence-electron chi connectivity index (χ1n) is 12.6. The molecule has 8 nitrogen and oxygen atoms in total. The Kier molecular flexibility index (Phi) is 5.92. The van der Waals surface area contributed by atoms with E-state index in [0.717, 1.165) is 11.4 Å². The van der Waals surface area contributed by atoms with E-state index >= 15 is 0 Å². The largest absolute Gasteiger partial charge is 0.295 e. The van der Waals surface area contributed by atoms with Gasteiger partial charge in [-0.2, -0.15) is 15.2 Å². The summed E-state index contributed by atoms with van der Waals surface area (Å²) < 4.78 is 3.30. The predicted octanol–water partition coefficient (Wildman–Crippen LogP) is 5.44. The summed E-state index contributed by atoms with van der Waals surface area (Å²) in [5.74, 6) is -0.232. The molecule has 1 aliphatic heterocycles. The van der Waals surface area contributed by atoms with Crippen molar-refractivity contribution in [2.24, 2.45) is 5.10 Å². The van der Waals surface area contributed by atoms with Crippen molar-refractivity contribution in [3.8, 4) is 22.6 Å². The van der Waals surface area contributed by atoms with Crippen LogP contribution in [0.15, 0.2) is 106 Å². The molecule has 39 heavy (non-hydrogen) atoms. The van der Waals surface area contributed by atoms with E-state index in [4.69, 9.17) is 5.10 Å². The van der Waals surface area contributed by atoms with E-state index in [1.807, 2.05) is 112 Å². The molecule has 0 spiro atoms. The molecule has 5 aromatic rings. The molecular formula is C31H26N6O2. The number of hydrogen-bond acceptors (Lipinski definition) is 4. The van der Waals surface area contributed by atoms with Gasteiger partial charge in [0.15, 0.2) is 0 Å². The number of nitrogens with one attached hydrogen (secondary N) is 1. The van der Waals surface area contributed by atoms with E-state index < -0.39 is 0 Å². The molecule has 1 amide bonds. The lowest BCUT2D eigenvalue weighted by Crippen LogP contribution is -2.21. The Bertz CT molecular complexity index is 1810. The second-order valence-electron chi connectivity index (χ2n) is 9.38. The monoisotopic (exact) mass is 514 g/mol. The molecule has 8 heteroatoms. The van der Waals surface area contributed by atoms with E-state index in [9.17, 15) is 9.59 Å². The number of aromatic nitrogens is 4. The number of carbonyl (C=O) groups excluding carboxylic acids is 1. The van der Waals surface area contributed by atoms with Gasteiger partial charge in [0.05, 0.1) is 45.3 Å². The summed E-state index contributed by atoms with van der Waals surface area (Å²) in [6, 6.07) is 28.4. The first-order valence-corrected chi connectivity index (χ1v) is 12.6. The molecular weight excluding hydrogens is 488 g/mol. The predicted molar refractivity (Wildman–Crippen MR) is 153 cm³/mol. The minimum Gasteiger partial charge on any atom is -0.295 e. The fourth-order valence-corrected chi connectivity index (χ4v) is 4.87. The van der Waals surface area contributed by atoms with Crippen LogP contribution in [0.5, 0.6) is 0 Å². The van der Waals surface area contributed by atoms with Crippen LogP contribution in [-0.2, 0) is 4.79 Å². The first kappa shape index (κ1) is 24.1. The number of aryl methyl sites for hydroxylation is 2. The zero-order valence-electron chi connectivity index (χ0n) is 21.8. The molecule has 0 unspecified atom stereocenters. The van der Waals surface area contributed by atoms with Gasteiger partial charge in [0.1, 0.15) is 0 Å². The molecule has 1 aliphatic rings. The van der Waals surface area contributed by atoms with Gasteiger partial charge in [0.25, 0.3) is 11.5 Å². The lowest BCUT2D eigenvalue weighted by atomic mass is 10.0. The maximum Gasteiger partial charge on any atom is 0.280 e. The van der Waals surface area contributed by atoms with Gasteiger partial charge >= 0.3 is 0 Å². The Morgan fingerprint density at radius 1 is 0.744 bits per heavy atom. The molecule has 0 saturated carbocycles. The Balaban J connectivity index is 1.57. The number of para-hydroxylation sites is 3. The van der Waals surface area contributed by atoms with Gasteiger partial charge in [-0.05, 0) is 63.2 Å². The highest BCUT2D eigenvalue weighted by atomic mass is 16.2. The molecule has 0 atom stereocenters. The number of H-pyrrole nitrogens is 1. The maximum absolute atomic E-state index is 13.9. The Hall–Kier alpha value is -5.24. The second-order valence-corrected chi connectivity index (χ2v) is 9.38. The average molecular weight is 515 g/mol. The molecule has 0 bridgehead atoms. The molecule has 0 fully saturated rings. The van der Waals surface area contributed by atoms with E-state index in [2.05, 4.69) is 10.2 Å². The topological polar surface area (TPSA) is 88.3 Å². The highest BCUT2D eigenvalue weighted by Crippen LogP contribution is 2.33. The van der Waals surface area contributed by atoms with Gasteiger partial charge in [0, 0.05) is 11.3 Å². The minimum atomic E-state index is -0.232. The number of rotatable bonds is 5. The molecule has 2 aromatic heterocycles. The summed E-state index contributed by atoms with van der Waals surface area (Å²) >= 11 is 0. The smallest absolute Gasteiger partial charge is 0.280 e. The van der Waals surface area contributed by atoms with Gasteiger partial charge in [-0.25, -0.2) is 9.36 Å². The van der Waals surface area contributed by atoms with Crippen LogP contribution >= 0.6 is 0 Å². The van der Waals surface area contributed by atoms with Crippen molar-refractivity contribution in [3.63, 3.8) is 0 Å². The number of amides is 1. The van der Waals surface area contributed by atoms with E-state index in [1.54, 1.807) is 10.8 Å². The lowest BCUT2D eigenvalue weighted by Gasteiger charge is -2.11. The Morgan fingerprint density at radius 2 is 1.31 bits per heavy atom. The molecule has 0 aliphatic carbocycles. The number of aromatic amines is 1. The summed E-state index contributed by atoms with van der Waals surface area (Å²) in [5.41, 5.74) is 6.22. The minimum absolute atomic E-state index is 0.204. The van der Waals surface area contributed by atoms with Crippen molar-refractivity contribution in [1.82, 2.24) is 19.6 Å². The quantitative estimate of drug-likeness (QED) is 0.317. The van der Waals surface area contributed by atoms with Crippen LogP contribution in [0.4, 0.5) is 5.69 Å². The summed E-state index contributed by atoms with van der Waals surface area (Å²) in [4.78, 5) is 27.4. The Labute approximate surface area is 225 Å². The summed E-state index contributed by atoms with van der Waals surface area (Å²) in [5, 5.41) is 14.0. The molecule has 3 aromatic carbocycles. The van der Waals surface area contributed by atoms with Crippen molar-refractivity contribution in [3.05, 3.63) is 124 Å². The van der Waals surface area contributed by atoms with Crippen molar-refractivity contribution >= 4 is 23.4 Å². The van der Waals surface area contributed by atoms with Gasteiger partial charge in [-0.3, -0.25) is 14.7 Å². The first-order chi connectivity index (χ1) is 18.9. The number of hydrazone groups is 1. The van der Waals surface area contributed by atoms with E-state index in [0.29, 0.717) is 45.2 Å². The molecule has 3 heterocycles. The lowest BCUT2D eigenvalue weighted by molar-refractivity contribution is -0.114. The van der Waals surface area contributed by atoms with Crippen LogP contribution in [0.1, 0.15) is 23.9 Å².